The predicted molar refractivity (Wildman–Crippen MR) is 56.7 cm³/mol. The number of amides is 1. The van der Waals surface area contributed by atoms with Crippen LogP contribution in [0.4, 0.5) is 0 Å². The van der Waals surface area contributed by atoms with Crippen molar-refractivity contribution in [1.29, 1.82) is 0 Å². The molecule has 2 unspecified atom stereocenters. The maximum atomic E-state index is 11.3. The largest absolute Gasteiger partial charge is 0.362 e. The zero-order valence-corrected chi connectivity index (χ0v) is 9.69. The molecule has 1 heterocycles. The lowest BCUT2D eigenvalue weighted by Gasteiger charge is -2.47. The van der Waals surface area contributed by atoms with E-state index in [1.54, 1.807) is 0 Å². The number of hydrogen-bond donors (Lipinski definition) is 2. The Morgan fingerprint density at radius 1 is 1.25 bits per heavy atom. The summed E-state index contributed by atoms with van der Waals surface area (Å²) < 4.78 is 31.6. The maximum Gasteiger partial charge on any atom is 0.362 e. The van der Waals surface area contributed by atoms with Crippen LogP contribution in [0.3, 0.4) is 0 Å². The number of β-lactam (4-membered cyclic amide) rings is 1. The summed E-state index contributed by atoms with van der Waals surface area (Å²) >= 11 is 0. The SMILES string of the molecule is NC1C(=O)N(S(=O)(=O)O)C1C1CCCCC1. The fraction of sp³-hybridized carbons (Fsp3) is 0.889. The summed E-state index contributed by atoms with van der Waals surface area (Å²) in [6.45, 7) is 0. The molecule has 0 aromatic rings. The highest BCUT2D eigenvalue weighted by atomic mass is 32.2. The minimum atomic E-state index is -4.44. The first-order chi connectivity index (χ1) is 7.43. The molecule has 7 heteroatoms. The number of nitrogens with zero attached hydrogens (tertiary/aromatic N) is 1. The molecule has 6 nitrogen and oxygen atoms in total. The second-order valence-corrected chi connectivity index (χ2v) is 5.82. The minimum Gasteiger partial charge on any atom is -0.318 e. The molecular formula is C9H16N2O4S. The van der Waals surface area contributed by atoms with Gasteiger partial charge < -0.3 is 5.73 Å². The maximum absolute atomic E-state index is 11.3. The summed E-state index contributed by atoms with van der Waals surface area (Å²) in [4.78, 5) is 11.3. The molecule has 1 saturated heterocycles. The van der Waals surface area contributed by atoms with Crippen molar-refractivity contribution in [2.45, 2.75) is 44.2 Å². The summed E-state index contributed by atoms with van der Waals surface area (Å²) in [6, 6.07) is -1.31. The van der Waals surface area contributed by atoms with E-state index in [2.05, 4.69) is 0 Å². The molecule has 0 bridgehead atoms. The van der Waals surface area contributed by atoms with Gasteiger partial charge >= 0.3 is 10.3 Å². The Bertz CT molecular complexity index is 388. The molecule has 3 N–H and O–H groups in total. The van der Waals surface area contributed by atoms with Gasteiger partial charge in [-0.1, -0.05) is 19.3 Å². The molecule has 0 aromatic carbocycles. The fourth-order valence-corrected chi connectivity index (χ4v) is 3.69. The molecule has 16 heavy (non-hydrogen) atoms. The zero-order valence-electron chi connectivity index (χ0n) is 8.87. The second kappa shape index (κ2) is 3.97. The van der Waals surface area contributed by atoms with Crippen molar-refractivity contribution in [3.05, 3.63) is 0 Å². The predicted octanol–water partition coefficient (Wildman–Crippen LogP) is -0.0924. The van der Waals surface area contributed by atoms with Crippen LogP contribution in [0.5, 0.6) is 0 Å². The van der Waals surface area contributed by atoms with Gasteiger partial charge in [-0.05, 0) is 18.8 Å². The highest BCUT2D eigenvalue weighted by Gasteiger charge is 2.54. The first-order valence-corrected chi connectivity index (χ1v) is 6.89. The number of carbonyl (C=O) groups excluding carboxylic acids is 1. The third kappa shape index (κ3) is 1.83. The minimum absolute atomic E-state index is 0.100. The summed E-state index contributed by atoms with van der Waals surface area (Å²) in [5.41, 5.74) is 5.62. The summed E-state index contributed by atoms with van der Waals surface area (Å²) in [5, 5.41) is 0. The lowest BCUT2D eigenvalue weighted by Crippen LogP contribution is -2.72. The summed E-state index contributed by atoms with van der Waals surface area (Å²) in [7, 11) is -4.44. The summed E-state index contributed by atoms with van der Waals surface area (Å²) in [6.07, 6.45) is 4.94. The molecule has 0 radical (unpaired) electrons. The number of rotatable bonds is 2. The van der Waals surface area contributed by atoms with Crippen LogP contribution in [0.25, 0.3) is 0 Å². The molecule has 92 valence electrons. The molecule has 1 amide bonds. The third-order valence-corrected chi connectivity index (χ3v) is 4.44. The van der Waals surface area contributed by atoms with Crippen molar-refractivity contribution >= 4 is 16.2 Å². The molecule has 1 aliphatic heterocycles. The first-order valence-electron chi connectivity index (χ1n) is 5.49. The van der Waals surface area contributed by atoms with E-state index in [-0.39, 0.29) is 5.92 Å². The van der Waals surface area contributed by atoms with Crippen molar-refractivity contribution in [2.75, 3.05) is 0 Å². The highest BCUT2D eigenvalue weighted by molar-refractivity contribution is 7.84. The van der Waals surface area contributed by atoms with Gasteiger partial charge in [0.1, 0.15) is 6.04 Å². The van der Waals surface area contributed by atoms with Gasteiger partial charge in [0.05, 0.1) is 6.04 Å². The van der Waals surface area contributed by atoms with Crippen LogP contribution in [-0.4, -0.2) is 35.3 Å². The Morgan fingerprint density at radius 3 is 2.31 bits per heavy atom. The van der Waals surface area contributed by atoms with E-state index < -0.39 is 28.3 Å². The van der Waals surface area contributed by atoms with Crippen LogP contribution in [0.1, 0.15) is 32.1 Å². The van der Waals surface area contributed by atoms with Gasteiger partial charge in [0, 0.05) is 0 Å². The van der Waals surface area contributed by atoms with Gasteiger partial charge in [-0.3, -0.25) is 9.35 Å². The van der Waals surface area contributed by atoms with Crippen LogP contribution >= 0.6 is 0 Å². The molecule has 2 rings (SSSR count). The van der Waals surface area contributed by atoms with E-state index in [1.807, 2.05) is 0 Å². The highest BCUT2D eigenvalue weighted by Crippen LogP contribution is 2.36. The topological polar surface area (TPSA) is 101 Å². The summed E-state index contributed by atoms with van der Waals surface area (Å²) in [5.74, 6) is -0.596. The van der Waals surface area contributed by atoms with Crippen LogP contribution in [0, 0.1) is 5.92 Å². The zero-order chi connectivity index (χ0) is 11.9. The Balaban J connectivity index is 2.16. The van der Waals surface area contributed by atoms with Gasteiger partial charge in [-0.2, -0.15) is 8.42 Å². The average Bonchev–Trinajstić information content (AvgIpc) is 2.23. The first kappa shape index (κ1) is 11.8. The van der Waals surface area contributed by atoms with Gasteiger partial charge in [-0.25, -0.2) is 4.31 Å². The average molecular weight is 248 g/mol. The fourth-order valence-electron chi connectivity index (χ4n) is 2.73. The van der Waals surface area contributed by atoms with E-state index in [0.29, 0.717) is 4.31 Å². The quantitative estimate of drug-likeness (QED) is 0.525. The molecular weight excluding hydrogens is 232 g/mol. The number of nitrogens with two attached hydrogens (primary N) is 1. The molecule has 1 aliphatic carbocycles. The Hall–Kier alpha value is -0.660. The number of carbonyl (C=O) groups is 1. The van der Waals surface area contributed by atoms with Gasteiger partial charge in [0.15, 0.2) is 0 Å². The molecule has 2 atom stereocenters. The molecule has 2 fully saturated rings. The van der Waals surface area contributed by atoms with E-state index in [4.69, 9.17) is 10.3 Å². The van der Waals surface area contributed by atoms with Crippen LogP contribution in [0.15, 0.2) is 0 Å². The van der Waals surface area contributed by atoms with E-state index in [9.17, 15) is 13.2 Å². The van der Waals surface area contributed by atoms with Crippen LogP contribution < -0.4 is 5.73 Å². The van der Waals surface area contributed by atoms with E-state index in [1.165, 1.54) is 0 Å². The van der Waals surface area contributed by atoms with Crippen molar-refractivity contribution in [3.8, 4) is 0 Å². The lowest BCUT2D eigenvalue weighted by atomic mass is 9.78. The Labute approximate surface area is 94.7 Å². The lowest BCUT2D eigenvalue weighted by molar-refractivity contribution is -0.143. The van der Waals surface area contributed by atoms with Crippen molar-refractivity contribution < 1.29 is 17.8 Å². The standard InChI is InChI=1S/C9H16N2O4S/c10-7-8(6-4-2-1-3-5-6)11(9(7)12)16(13,14)15/h6-8H,1-5,10H2,(H,13,14,15). The molecule has 2 aliphatic rings. The Kier molecular flexibility index (Phi) is 2.93. The van der Waals surface area contributed by atoms with Crippen LogP contribution in [-0.2, 0) is 15.1 Å². The monoisotopic (exact) mass is 248 g/mol. The van der Waals surface area contributed by atoms with Crippen molar-refractivity contribution in [1.82, 2.24) is 4.31 Å². The van der Waals surface area contributed by atoms with E-state index in [0.717, 1.165) is 32.1 Å². The molecule has 0 aromatic heterocycles. The normalized spacial score (nSPS) is 32.6. The van der Waals surface area contributed by atoms with Crippen LogP contribution in [0.2, 0.25) is 0 Å². The van der Waals surface area contributed by atoms with Crippen molar-refractivity contribution in [3.63, 3.8) is 0 Å². The smallest absolute Gasteiger partial charge is 0.318 e. The third-order valence-electron chi connectivity index (χ3n) is 3.52. The van der Waals surface area contributed by atoms with Gasteiger partial charge in [-0.15, -0.1) is 0 Å². The second-order valence-electron chi connectivity index (χ2n) is 4.53. The molecule has 0 spiro atoms. The van der Waals surface area contributed by atoms with Crippen molar-refractivity contribution in [2.24, 2.45) is 11.7 Å². The van der Waals surface area contributed by atoms with Gasteiger partial charge in [0.25, 0.3) is 5.91 Å². The molecule has 1 saturated carbocycles. The Morgan fingerprint density at radius 2 is 1.81 bits per heavy atom. The van der Waals surface area contributed by atoms with Gasteiger partial charge in [0.2, 0.25) is 0 Å². The van der Waals surface area contributed by atoms with E-state index >= 15 is 0 Å². The number of hydrogen-bond acceptors (Lipinski definition) is 4.